The Balaban J connectivity index is 2.24. The number of nitro groups is 1. The predicted molar refractivity (Wildman–Crippen MR) is 144 cm³/mol. The first-order valence-electron chi connectivity index (χ1n) is 12.3. The van der Waals surface area contributed by atoms with Gasteiger partial charge in [0.25, 0.3) is 11.6 Å². The number of amides is 1. The number of hydrogen-bond acceptors (Lipinski definition) is 7. The van der Waals surface area contributed by atoms with Gasteiger partial charge in [-0.2, -0.15) is 9.78 Å². The Morgan fingerprint density at radius 2 is 1.87 bits per heavy atom. The molecule has 1 atom stereocenters. The lowest BCUT2D eigenvalue weighted by atomic mass is 10.1. The van der Waals surface area contributed by atoms with Crippen molar-refractivity contribution in [3.05, 3.63) is 68.9 Å². The third-order valence-electron chi connectivity index (χ3n) is 6.23. The van der Waals surface area contributed by atoms with Gasteiger partial charge in [0.05, 0.1) is 10.6 Å². The predicted octanol–water partition coefficient (Wildman–Crippen LogP) is 4.71. The van der Waals surface area contributed by atoms with Gasteiger partial charge in [-0.25, -0.2) is 13.1 Å². The third-order valence-corrected chi connectivity index (χ3v) is 7.84. The van der Waals surface area contributed by atoms with E-state index in [0.29, 0.717) is 24.2 Å². The molecule has 1 heterocycles. The van der Waals surface area contributed by atoms with Crippen LogP contribution in [-0.4, -0.2) is 41.6 Å². The first kappa shape index (κ1) is 28.8. The van der Waals surface area contributed by atoms with E-state index in [1.807, 2.05) is 45.9 Å². The van der Waals surface area contributed by atoms with Gasteiger partial charge in [-0.1, -0.05) is 26.0 Å². The zero-order valence-electron chi connectivity index (χ0n) is 22.4. The molecule has 3 aromatic rings. The van der Waals surface area contributed by atoms with Crippen LogP contribution >= 0.6 is 0 Å². The Hall–Kier alpha value is -3.77. The molecule has 1 amide bonds. The molecular weight excluding hydrogens is 510 g/mol. The Morgan fingerprint density at radius 1 is 1.16 bits per heavy atom. The second-order valence-corrected chi connectivity index (χ2v) is 10.8. The summed E-state index contributed by atoms with van der Waals surface area (Å²) in [5.74, 6) is -0.413. The van der Waals surface area contributed by atoms with Crippen molar-refractivity contribution in [2.24, 2.45) is 0 Å². The van der Waals surface area contributed by atoms with Crippen molar-refractivity contribution in [3.8, 4) is 17.3 Å². The summed E-state index contributed by atoms with van der Waals surface area (Å²) >= 11 is 0. The van der Waals surface area contributed by atoms with Crippen molar-refractivity contribution in [3.63, 3.8) is 0 Å². The van der Waals surface area contributed by atoms with Crippen LogP contribution in [0.5, 0.6) is 11.6 Å². The van der Waals surface area contributed by atoms with Crippen LogP contribution in [0.3, 0.4) is 0 Å². The van der Waals surface area contributed by atoms with E-state index in [4.69, 9.17) is 4.74 Å². The number of benzene rings is 2. The lowest BCUT2D eigenvalue weighted by Crippen LogP contribution is -2.32. The highest BCUT2D eigenvalue weighted by atomic mass is 32.2. The van der Waals surface area contributed by atoms with Crippen LogP contribution in [0.2, 0.25) is 0 Å². The highest BCUT2D eigenvalue weighted by Crippen LogP contribution is 2.36. The lowest BCUT2D eigenvalue weighted by molar-refractivity contribution is -0.385. The number of nitro benzene ring substituents is 1. The van der Waals surface area contributed by atoms with Gasteiger partial charge in [-0.3, -0.25) is 14.9 Å². The summed E-state index contributed by atoms with van der Waals surface area (Å²) in [6.07, 6.45) is 1.25. The monoisotopic (exact) mass is 543 g/mol. The molecule has 11 nitrogen and oxygen atoms in total. The average molecular weight is 544 g/mol. The molecule has 0 fully saturated rings. The molecule has 38 heavy (non-hydrogen) atoms. The smallest absolute Gasteiger partial charge is 0.272 e. The Kier molecular flexibility index (Phi) is 8.89. The molecule has 1 unspecified atom stereocenters. The van der Waals surface area contributed by atoms with Crippen LogP contribution in [0.1, 0.15) is 60.8 Å². The maximum absolute atomic E-state index is 13.3. The highest BCUT2D eigenvalue weighted by molar-refractivity contribution is 7.89. The maximum Gasteiger partial charge on any atom is 0.272 e. The van der Waals surface area contributed by atoms with E-state index < -0.39 is 37.5 Å². The van der Waals surface area contributed by atoms with Gasteiger partial charge < -0.3 is 10.1 Å². The number of aryl methyl sites for hydroxylation is 1. The normalized spacial score (nSPS) is 12.3. The zero-order valence-corrected chi connectivity index (χ0v) is 23.2. The molecule has 0 saturated carbocycles. The molecule has 0 bridgehead atoms. The summed E-state index contributed by atoms with van der Waals surface area (Å²) in [4.78, 5) is 23.3. The number of aromatic nitrogens is 2. The van der Waals surface area contributed by atoms with Gasteiger partial charge in [0.2, 0.25) is 15.9 Å². The molecule has 204 valence electrons. The van der Waals surface area contributed by atoms with E-state index in [1.165, 1.54) is 16.8 Å². The number of nitrogens with zero attached hydrogens (tertiary/aromatic N) is 3. The molecule has 0 aliphatic heterocycles. The van der Waals surface area contributed by atoms with E-state index in [9.17, 15) is 23.3 Å². The van der Waals surface area contributed by atoms with Crippen LogP contribution in [0.25, 0.3) is 5.69 Å². The van der Waals surface area contributed by atoms with E-state index >= 15 is 0 Å². The average Bonchev–Trinajstić information content (AvgIpc) is 3.19. The molecule has 3 rings (SSSR count). The molecule has 0 aliphatic rings. The second-order valence-electron chi connectivity index (χ2n) is 9.09. The summed E-state index contributed by atoms with van der Waals surface area (Å²) < 4.78 is 36.7. The number of sulfonamides is 1. The summed E-state index contributed by atoms with van der Waals surface area (Å²) in [7, 11) is -4.19. The minimum absolute atomic E-state index is 0.120. The van der Waals surface area contributed by atoms with E-state index in [1.54, 1.807) is 13.8 Å². The summed E-state index contributed by atoms with van der Waals surface area (Å²) in [5, 5.41) is 18.8. The van der Waals surface area contributed by atoms with Gasteiger partial charge in [-0.15, -0.1) is 0 Å². The first-order valence-corrected chi connectivity index (χ1v) is 13.8. The summed E-state index contributed by atoms with van der Waals surface area (Å²) in [6, 6.07) is 8.54. The van der Waals surface area contributed by atoms with Crippen LogP contribution < -0.4 is 14.8 Å². The number of carbonyl (C=O) groups excluding carboxylic acids is 1. The van der Waals surface area contributed by atoms with Crippen molar-refractivity contribution in [1.29, 1.82) is 0 Å². The molecule has 0 saturated heterocycles. The van der Waals surface area contributed by atoms with Gasteiger partial charge in [-0.05, 0) is 63.8 Å². The van der Waals surface area contributed by atoms with Crippen LogP contribution in [0.4, 0.5) is 5.69 Å². The fourth-order valence-electron chi connectivity index (χ4n) is 3.69. The lowest BCUT2D eigenvalue weighted by Gasteiger charge is -2.17. The van der Waals surface area contributed by atoms with Crippen molar-refractivity contribution in [1.82, 2.24) is 19.8 Å². The number of non-ortho nitro benzene ring substituents is 1. The van der Waals surface area contributed by atoms with E-state index in [2.05, 4.69) is 15.1 Å². The number of rotatable bonds is 11. The largest absolute Gasteiger partial charge is 0.437 e. The quantitative estimate of drug-likeness (QED) is 0.263. The number of hydrogen-bond donors (Lipinski definition) is 2. The molecule has 0 aliphatic carbocycles. The standard InChI is InChI=1S/C26H33N5O6S/c1-7-14-27-25(32)24-19(6)26(30(28-24)21-11-9-10-16(3)18(21)5)37-22-13-12-20(31(33)34)15-23(22)38(35,36)29-17(4)8-2/h9-13,15,17,29H,7-8,14H2,1-6H3,(H,27,32). The summed E-state index contributed by atoms with van der Waals surface area (Å²) in [6.45, 7) is 11.4. The number of nitrogens with one attached hydrogen (secondary N) is 2. The van der Waals surface area contributed by atoms with E-state index in [0.717, 1.165) is 23.6 Å². The molecule has 2 N–H and O–H groups in total. The Bertz CT molecular complexity index is 1460. The fraction of sp³-hybridized carbons (Fsp3) is 0.385. The van der Waals surface area contributed by atoms with Crippen LogP contribution in [0, 0.1) is 30.9 Å². The molecule has 2 aromatic carbocycles. The van der Waals surface area contributed by atoms with Crippen molar-refractivity contribution in [2.45, 2.75) is 65.3 Å². The highest BCUT2D eigenvalue weighted by Gasteiger charge is 2.28. The Morgan fingerprint density at radius 3 is 2.50 bits per heavy atom. The van der Waals surface area contributed by atoms with Crippen molar-refractivity contribution in [2.75, 3.05) is 6.54 Å². The minimum atomic E-state index is -4.19. The molecular formula is C26H33N5O6S. The molecule has 0 spiro atoms. The SMILES string of the molecule is CCCNC(=O)c1nn(-c2cccc(C)c2C)c(Oc2ccc([N+](=O)[O-])cc2S(=O)(=O)NC(C)CC)c1C. The van der Waals surface area contributed by atoms with Gasteiger partial charge >= 0.3 is 0 Å². The third kappa shape index (κ3) is 6.03. The minimum Gasteiger partial charge on any atom is -0.437 e. The first-order chi connectivity index (χ1) is 17.9. The van der Waals surface area contributed by atoms with Gasteiger partial charge in [0, 0.05) is 30.3 Å². The summed E-state index contributed by atoms with van der Waals surface area (Å²) in [5.41, 5.74) is 2.61. The molecule has 1 aromatic heterocycles. The van der Waals surface area contributed by atoms with Crippen molar-refractivity contribution < 1.29 is 22.9 Å². The van der Waals surface area contributed by atoms with Crippen LogP contribution in [0.15, 0.2) is 41.3 Å². The van der Waals surface area contributed by atoms with Crippen LogP contribution in [-0.2, 0) is 10.0 Å². The Labute approximate surface area is 222 Å². The second kappa shape index (κ2) is 11.7. The molecule has 0 radical (unpaired) electrons. The van der Waals surface area contributed by atoms with Gasteiger partial charge in [0.1, 0.15) is 10.6 Å². The number of ether oxygens (including phenoxy) is 1. The zero-order chi connectivity index (χ0) is 28.2. The molecule has 12 heteroatoms. The van der Waals surface area contributed by atoms with E-state index in [-0.39, 0.29) is 17.3 Å². The van der Waals surface area contributed by atoms with Gasteiger partial charge in [0.15, 0.2) is 5.69 Å². The fourth-order valence-corrected chi connectivity index (χ4v) is 5.16. The van der Waals surface area contributed by atoms with Crippen molar-refractivity contribution >= 4 is 21.6 Å². The number of carbonyl (C=O) groups is 1. The topological polar surface area (TPSA) is 145 Å². The maximum atomic E-state index is 13.3.